The van der Waals surface area contributed by atoms with E-state index in [4.69, 9.17) is 0 Å². The Labute approximate surface area is 97.8 Å². The zero-order valence-electron chi connectivity index (χ0n) is 10.2. The third kappa shape index (κ3) is 4.10. The van der Waals surface area contributed by atoms with Crippen molar-refractivity contribution in [3.05, 3.63) is 0 Å². The largest absolute Gasteiger partial charge is 0.352 e. The number of likely N-dealkylation sites (tertiary alicyclic amines) is 1. The van der Waals surface area contributed by atoms with Crippen LogP contribution in [0.1, 0.15) is 25.7 Å². The maximum Gasteiger partial charge on any atom is 0.234 e. The summed E-state index contributed by atoms with van der Waals surface area (Å²) in [5.74, 6) is 0.917. The van der Waals surface area contributed by atoms with Crippen molar-refractivity contribution in [2.24, 2.45) is 5.92 Å². The van der Waals surface area contributed by atoms with E-state index in [1.54, 1.807) is 0 Å². The van der Waals surface area contributed by atoms with Crippen LogP contribution in [0, 0.1) is 5.92 Å². The average Bonchev–Trinajstić information content (AvgIpc) is 3.05. The van der Waals surface area contributed by atoms with E-state index in [9.17, 15) is 4.79 Å². The molecule has 0 spiro atoms. The molecule has 1 aliphatic carbocycles. The van der Waals surface area contributed by atoms with Crippen molar-refractivity contribution in [2.75, 3.05) is 33.2 Å². The standard InChI is InChI=1S/C12H23N3O/c1-15-6-4-10(5-7-15)8-13-9-12(16)14-11-2-3-11/h10-11,13H,2-9H2,1H3,(H,14,16). The Balaban J connectivity index is 1.51. The molecule has 4 nitrogen and oxygen atoms in total. The lowest BCUT2D eigenvalue weighted by Gasteiger charge is -2.28. The highest BCUT2D eigenvalue weighted by atomic mass is 16.2. The summed E-state index contributed by atoms with van der Waals surface area (Å²) in [6, 6.07) is 0.484. The number of carbonyl (C=O) groups excluding carboxylic acids is 1. The van der Waals surface area contributed by atoms with E-state index in [0.29, 0.717) is 12.6 Å². The first-order valence-corrected chi connectivity index (χ1v) is 6.42. The van der Waals surface area contributed by atoms with Crippen LogP contribution in [-0.2, 0) is 4.79 Å². The van der Waals surface area contributed by atoms with Gasteiger partial charge in [0.05, 0.1) is 6.54 Å². The summed E-state index contributed by atoms with van der Waals surface area (Å²) >= 11 is 0. The number of hydrogen-bond acceptors (Lipinski definition) is 3. The van der Waals surface area contributed by atoms with E-state index in [2.05, 4.69) is 22.6 Å². The van der Waals surface area contributed by atoms with Crippen LogP contribution in [0.5, 0.6) is 0 Å². The van der Waals surface area contributed by atoms with Crippen molar-refractivity contribution in [3.63, 3.8) is 0 Å². The van der Waals surface area contributed by atoms with Crippen molar-refractivity contribution < 1.29 is 4.79 Å². The Bertz CT molecular complexity index is 232. The Kier molecular flexibility index (Phi) is 4.18. The van der Waals surface area contributed by atoms with Crippen LogP contribution < -0.4 is 10.6 Å². The summed E-state index contributed by atoms with van der Waals surface area (Å²) in [7, 11) is 2.17. The summed E-state index contributed by atoms with van der Waals surface area (Å²) in [5, 5.41) is 6.26. The Morgan fingerprint density at radius 1 is 1.25 bits per heavy atom. The monoisotopic (exact) mass is 225 g/mol. The molecule has 2 aliphatic rings. The molecule has 16 heavy (non-hydrogen) atoms. The molecular formula is C12H23N3O. The van der Waals surface area contributed by atoms with Gasteiger partial charge >= 0.3 is 0 Å². The quantitative estimate of drug-likeness (QED) is 0.702. The molecule has 0 atom stereocenters. The van der Waals surface area contributed by atoms with Gasteiger partial charge in [-0.2, -0.15) is 0 Å². The second kappa shape index (κ2) is 5.64. The van der Waals surface area contributed by atoms with Gasteiger partial charge in [-0.3, -0.25) is 4.79 Å². The Morgan fingerprint density at radius 2 is 1.94 bits per heavy atom. The molecule has 0 unspecified atom stereocenters. The number of amides is 1. The topological polar surface area (TPSA) is 44.4 Å². The second-order valence-electron chi connectivity index (χ2n) is 5.22. The Hall–Kier alpha value is -0.610. The summed E-state index contributed by atoms with van der Waals surface area (Å²) in [6.07, 6.45) is 4.85. The minimum Gasteiger partial charge on any atom is -0.352 e. The third-order valence-corrected chi connectivity index (χ3v) is 3.50. The van der Waals surface area contributed by atoms with Crippen LogP contribution in [0.4, 0.5) is 0 Å². The first-order valence-electron chi connectivity index (χ1n) is 6.42. The third-order valence-electron chi connectivity index (χ3n) is 3.50. The van der Waals surface area contributed by atoms with Gasteiger partial charge in [-0.1, -0.05) is 0 Å². The highest BCUT2D eigenvalue weighted by molar-refractivity contribution is 5.78. The lowest BCUT2D eigenvalue weighted by Crippen LogP contribution is -2.39. The van der Waals surface area contributed by atoms with Gasteiger partial charge in [-0.15, -0.1) is 0 Å². The van der Waals surface area contributed by atoms with Gasteiger partial charge in [-0.25, -0.2) is 0 Å². The molecule has 2 rings (SSSR count). The van der Waals surface area contributed by atoms with Crippen molar-refractivity contribution in [3.8, 4) is 0 Å². The molecule has 0 radical (unpaired) electrons. The number of carbonyl (C=O) groups is 1. The molecule has 1 heterocycles. The zero-order valence-corrected chi connectivity index (χ0v) is 10.2. The smallest absolute Gasteiger partial charge is 0.234 e. The minimum absolute atomic E-state index is 0.162. The van der Waals surface area contributed by atoms with Crippen LogP contribution in [0.3, 0.4) is 0 Å². The molecule has 0 aromatic heterocycles. The fourth-order valence-corrected chi connectivity index (χ4v) is 2.16. The molecule has 1 saturated heterocycles. The molecule has 1 saturated carbocycles. The van der Waals surface area contributed by atoms with Crippen LogP contribution >= 0.6 is 0 Å². The van der Waals surface area contributed by atoms with Crippen LogP contribution in [0.15, 0.2) is 0 Å². The molecule has 92 valence electrons. The zero-order chi connectivity index (χ0) is 11.4. The molecule has 2 N–H and O–H groups in total. The molecule has 2 fully saturated rings. The number of nitrogens with one attached hydrogen (secondary N) is 2. The van der Waals surface area contributed by atoms with E-state index < -0.39 is 0 Å². The summed E-state index contributed by atoms with van der Waals surface area (Å²) in [6.45, 7) is 3.87. The van der Waals surface area contributed by atoms with E-state index in [0.717, 1.165) is 12.5 Å². The molecule has 1 aliphatic heterocycles. The van der Waals surface area contributed by atoms with Crippen molar-refractivity contribution in [1.82, 2.24) is 15.5 Å². The first kappa shape index (κ1) is 11.9. The predicted molar refractivity (Wildman–Crippen MR) is 64.3 cm³/mol. The molecule has 0 bridgehead atoms. The molecule has 4 heteroatoms. The maximum absolute atomic E-state index is 11.4. The highest BCUT2D eigenvalue weighted by Crippen LogP contribution is 2.18. The van der Waals surface area contributed by atoms with Gasteiger partial charge in [-0.05, 0) is 58.3 Å². The van der Waals surface area contributed by atoms with Crippen LogP contribution in [-0.4, -0.2) is 50.1 Å². The average molecular weight is 225 g/mol. The van der Waals surface area contributed by atoms with Crippen molar-refractivity contribution in [2.45, 2.75) is 31.7 Å². The lowest BCUT2D eigenvalue weighted by atomic mass is 9.97. The van der Waals surface area contributed by atoms with E-state index in [1.807, 2.05) is 0 Å². The maximum atomic E-state index is 11.4. The number of hydrogen-bond donors (Lipinski definition) is 2. The van der Waals surface area contributed by atoms with E-state index in [-0.39, 0.29) is 5.91 Å². The lowest BCUT2D eigenvalue weighted by molar-refractivity contribution is -0.120. The molecule has 1 amide bonds. The highest BCUT2D eigenvalue weighted by Gasteiger charge is 2.23. The van der Waals surface area contributed by atoms with Gasteiger partial charge in [0.2, 0.25) is 5.91 Å². The first-order chi connectivity index (χ1) is 7.74. The number of piperidine rings is 1. The second-order valence-corrected chi connectivity index (χ2v) is 5.22. The fourth-order valence-electron chi connectivity index (χ4n) is 2.16. The van der Waals surface area contributed by atoms with Gasteiger partial charge in [0.25, 0.3) is 0 Å². The van der Waals surface area contributed by atoms with Crippen molar-refractivity contribution >= 4 is 5.91 Å². The van der Waals surface area contributed by atoms with Crippen LogP contribution in [0.25, 0.3) is 0 Å². The van der Waals surface area contributed by atoms with E-state index in [1.165, 1.54) is 38.8 Å². The fraction of sp³-hybridized carbons (Fsp3) is 0.917. The SMILES string of the molecule is CN1CCC(CNCC(=O)NC2CC2)CC1. The molecule has 0 aromatic rings. The minimum atomic E-state index is 0.162. The normalized spacial score (nSPS) is 23.3. The van der Waals surface area contributed by atoms with Crippen molar-refractivity contribution in [1.29, 1.82) is 0 Å². The number of nitrogens with zero attached hydrogens (tertiary/aromatic N) is 1. The summed E-state index contributed by atoms with van der Waals surface area (Å²) in [4.78, 5) is 13.8. The van der Waals surface area contributed by atoms with E-state index >= 15 is 0 Å². The predicted octanol–water partition coefficient (Wildman–Crippen LogP) is 0.196. The molecule has 0 aromatic carbocycles. The van der Waals surface area contributed by atoms with Gasteiger partial charge in [0.15, 0.2) is 0 Å². The molecular weight excluding hydrogens is 202 g/mol. The van der Waals surface area contributed by atoms with Gasteiger partial charge < -0.3 is 15.5 Å². The van der Waals surface area contributed by atoms with Gasteiger partial charge in [0, 0.05) is 6.04 Å². The van der Waals surface area contributed by atoms with Crippen LogP contribution in [0.2, 0.25) is 0 Å². The van der Waals surface area contributed by atoms with Gasteiger partial charge in [0.1, 0.15) is 0 Å². The summed E-state index contributed by atoms with van der Waals surface area (Å²) < 4.78 is 0. The summed E-state index contributed by atoms with van der Waals surface area (Å²) in [5.41, 5.74) is 0. The Morgan fingerprint density at radius 3 is 2.56 bits per heavy atom. The number of rotatable bonds is 5.